The van der Waals surface area contributed by atoms with Crippen LogP contribution < -0.4 is 23.8 Å². The summed E-state index contributed by atoms with van der Waals surface area (Å²) in [6, 6.07) is 8.73. The Labute approximate surface area is 119 Å². The van der Waals surface area contributed by atoms with Crippen LogP contribution in [0.3, 0.4) is 0 Å². The average Bonchev–Trinajstić information content (AvgIpc) is 2.31. The molecular formula is C15H25LiN+. The fourth-order valence-corrected chi connectivity index (χ4v) is 1.97. The maximum absolute atomic E-state index is 2.54. The molecule has 0 radical (unpaired) electrons. The minimum atomic E-state index is 0. The smallest absolute Gasteiger partial charge is 0.371 e. The molecule has 0 N–H and O–H groups in total. The number of para-hydroxylation sites is 1. The zero-order chi connectivity index (χ0) is 11.8. The summed E-state index contributed by atoms with van der Waals surface area (Å²) in [6.07, 6.45) is 5.12. The number of aryl methyl sites for hydroxylation is 1. The van der Waals surface area contributed by atoms with Crippen molar-refractivity contribution >= 4 is 5.69 Å². The molecule has 0 aliphatic heterocycles. The molecule has 0 spiro atoms. The molecule has 1 aromatic rings. The first kappa shape index (κ1) is 16.6. The van der Waals surface area contributed by atoms with Crippen molar-refractivity contribution in [3.63, 3.8) is 0 Å². The fraction of sp³-hybridized carbons (Fsp3) is 0.600. The van der Waals surface area contributed by atoms with Crippen LogP contribution in [0.15, 0.2) is 24.3 Å². The quantitative estimate of drug-likeness (QED) is 0.635. The molecule has 0 aliphatic rings. The van der Waals surface area contributed by atoms with Gasteiger partial charge in [0.25, 0.3) is 0 Å². The molecule has 0 heterocycles. The molecule has 17 heavy (non-hydrogen) atoms. The number of benzene rings is 1. The molecule has 0 bridgehead atoms. The normalized spacial score (nSPS) is 9.82. The molecule has 0 unspecified atom stereocenters. The van der Waals surface area contributed by atoms with Gasteiger partial charge in [-0.2, -0.15) is 0 Å². The van der Waals surface area contributed by atoms with Crippen LogP contribution in [0.2, 0.25) is 0 Å². The van der Waals surface area contributed by atoms with Crippen molar-refractivity contribution in [2.24, 2.45) is 0 Å². The molecule has 1 nitrogen and oxygen atoms in total. The van der Waals surface area contributed by atoms with Gasteiger partial charge in [-0.25, -0.2) is 0 Å². The SMILES string of the molecule is CCCCN(CCCC)c1ccccc1C.[Li+]. The van der Waals surface area contributed by atoms with Crippen molar-refractivity contribution in [1.82, 2.24) is 0 Å². The van der Waals surface area contributed by atoms with E-state index in [0.717, 1.165) is 0 Å². The van der Waals surface area contributed by atoms with Crippen LogP contribution in [0.1, 0.15) is 45.1 Å². The maximum Gasteiger partial charge on any atom is 1.00 e. The van der Waals surface area contributed by atoms with Crippen LogP contribution in [0.5, 0.6) is 0 Å². The van der Waals surface area contributed by atoms with Gasteiger partial charge in [0.2, 0.25) is 0 Å². The monoisotopic (exact) mass is 226 g/mol. The Morgan fingerprint density at radius 3 is 1.94 bits per heavy atom. The molecule has 0 amide bonds. The number of hydrogen-bond donors (Lipinski definition) is 0. The summed E-state index contributed by atoms with van der Waals surface area (Å²) in [5.41, 5.74) is 2.82. The van der Waals surface area contributed by atoms with E-state index in [0.29, 0.717) is 0 Å². The largest absolute Gasteiger partial charge is 1.00 e. The summed E-state index contributed by atoms with van der Waals surface area (Å²) < 4.78 is 0. The average molecular weight is 226 g/mol. The number of unbranched alkanes of at least 4 members (excludes halogenated alkanes) is 2. The number of anilines is 1. The molecule has 0 saturated carbocycles. The standard InChI is InChI=1S/C15H25N.Li/c1-4-6-12-16(13-7-5-2)15-11-9-8-10-14(15)3;/h8-11H,4-7,12-13H2,1-3H3;/q;+1. The topological polar surface area (TPSA) is 3.24 Å². The summed E-state index contributed by atoms with van der Waals surface area (Å²) in [6.45, 7) is 9.12. The zero-order valence-corrected chi connectivity index (χ0v) is 12.0. The van der Waals surface area contributed by atoms with Crippen LogP contribution in [-0.4, -0.2) is 13.1 Å². The molecule has 0 aliphatic carbocycles. The first-order valence-electron chi connectivity index (χ1n) is 6.60. The summed E-state index contributed by atoms with van der Waals surface area (Å²) in [7, 11) is 0. The number of hydrogen-bond acceptors (Lipinski definition) is 1. The predicted molar refractivity (Wildman–Crippen MR) is 73.2 cm³/mol. The fourth-order valence-electron chi connectivity index (χ4n) is 1.97. The van der Waals surface area contributed by atoms with Gasteiger partial charge in [0, 0.05) is 18.8 Å². The van der Waals surface area contributed by atoms with Gasteiger partial charge in [-0.1, -0.05) is 44.9 Å². The Bertz CT molecular complexity index is 291. The van der Waals surface area contributed by atoms with Gasteiger partial charge in [0.05, 0.1) is 0 Å². The third kappa shape index (κ3) is 5.66. The second-order valence-electron chi connectivity index (χ2n) is 4.48. The van der Waals surface area contributed by atoms with E-state index in [-0.39, 0.29) is 18.9 Å². The molecule has 0 atom stereocenters. The van der Waals surface area contributed by atoms with E-state index >= 15 is 0 Å². The second-order valence-corrected chi connectivity index (χ2v) is 4.48. The van der Waals surface area contributed by atoms with Gasteiger partial charge in [-0.15, -0.1) is 0 Å². The van der Waals surface area contributed by atoms with Gasteiger partial charge in [-0.05, 0) is 31.4 Å². The van der Waals surface area contributed by atoms with E-state index in [4.69, 9.17) is 0 Å². The maximum atomic E-state index is 2.54. The van der Waals surface area contributed by atoms with Crippen LogP contribution in [0.4, 0.5) is 5.69 Å². The van der Waals surface area contributed by atoms with E-state index in [1.165, 1.54) is 50.0 Å². The minimum absolute atomic E-state index is 0. The van der Waals surface area contributed by atoms with E-state index < -0.39 is 0 Å². The summed E-state index contributed by atoms with van der Waals surface area (Å²) in [5.74, 6) is 0. The van der Waals surface area contributed by atoms with Gasteiger partial charge in [-0.3, -0.25) is 0 Å². The molecule has 2 heteroatoms. The van der Waals surface area contributed by atoms with Crippen molar-refractivity contribution in [3.05, 3.63) is 29.8 Å². The Morgan fingerprint density at radius 1 is 0.941 bits per heavy atom. The first-order valence-corrected chi connectivity index (χ1v) is 6.60. The Balaban J connectivity index is 0.00000256. The van der Waals surface area contributed by atoms with Crippen LogP contribution >= 0.6 is 0 Å². The summed E-state index contributed by atoms with van der Waals surface area (Å²) >= 11 is 0. The molecule has 0 saturated heterocycles. The molecule has 1 aromatic carbocycles. The molecular weight excluding hydrogens is 201 g/mol. The van der Waals surface area contributed by atoms with E-state index in [1.807, 2.05) is 0 Å². The number of rotatable bonds is 7. The van der Waals surface area contributed by atoms with Crippen LogP contribution in [0, 0.1) is 6.92 Å². The summed E-state index contributed by atoms with van der Waals surface area (Å²) in [4.78, 5) is 2.54. The van der Waals surface area contributed by atoms with E-state index in [2.05, 4.69) is 49.9 Å². The third-order valence-corrected chi connectivity index (χ3v) is 3.02. The molecule has 0 fully saturated rings. The predicted octanol–water partition coefficient (Wildman–Crippen LogP) is 1.41. The molecule has 1 rings (SSSR count). The van der Waals surface area contributed by atoms with Crippen LogP contribution in [0.25, 0.3) is 0 Å². The van der Waals surface area contributed by atoms with Crippen molar-refractivity contribution in [2.75, 3.05) is 18.0 Å². The van der Waals surface area contributed by atoms with E-state index in [9.17, 15) is 0 Å². The van der Waals surface area contributed by atoms with Gasteiger partial charge < -0.3 is 4.90 Å². The number of nitrogens with zero attached hydrogens (tertiary/aromatic N) is 1. The second kappa shape index (κ2) is 9.63. The summed E-state index contributed by atoms with van der Waals surface area (Å²) in [5, 5.41) is 0. The Hall–Kier alpha value is -0.383. The molecule has 90 valence electrons. The Kier molecular flexibility index (Phi) is 9.41. The van der Waals surface area contributed by atoms with Crippen molar-refractivity contribution in [2.45, 2.75) is 46.5 Å². The Morgan fingerprint density at radius 2 is 1.47 bits per heavy atom. The van der Waals surface area contributed by atoms with Crippen LogP contribution in [-0.2, 0) is 0 Å². The third-order valence-electron chi connectivity index (χ3n) is 3.02. The zero-order valence-electron chi connectivity index (χ0n) is 12.0. The first-order chi connectivity index (χ1) is 7.79. The van der Waals surface area contributed by atoms with Gasteiger partial charge in [0.15, 0.2) is 0 Å². The minimum Gasteiger partial charge on any atom is -0.371 e. The molecule has 0 aromatic heterocycles. The van der Waals surface area contributed by atoms with Crippen molar-refractivity contribution < 1.29 is 18.9 Å². The van der Waals surface area contributed by atoms with Crippen molar-refractivity contribution in [1.29, 1.82) is 0 Å². The van der Waals surface area contributed by atoms with E-state index in [1.54, 1.807) is 0 Å². The van der Waals surface area contributed by atoms with Crippen molar-refractivity contribution in [3.8, 4) is 0 Å². The van der Waals surface area contributed by atoms with Gasteiger partial charge in [0.1, 0.15) is 0 Å². The van der Waals surface area contributed by atoms with Gasteiger partial charge >= 0.3 is 18.9 Å².